The number of aromatic carboxylic acids is 1. The molecule has 3 aliphatic rings. The Morgan fingerprint density at radius 2 is 1.85 bits per heavy atom. The van der Waals surface area contributed by atoms with Gasteiger partial charge >= 0.3 is 11.9 Å². The average Bonchev–Trinajstić information content (AvgIpc) is 3.23. The summed E-state index contributed by atoms with van der Waals surface area (Å²) >= 11 is 14.3. The van der Waals surface area contributed by atoms with Crippen LogP contribution in [0, 0.1) is 6.92 Å². The van der Waals surface area contributed by atoms with Crippen LogP contribution in [-0.2, 0) is 10.4 Å². The third-order valence-electron chi connectivity index (χ3n) is 8.30. The maximum absolute atomic E-state index is 15.3. The molecule has 1 saturated carbocycles. The Morgan fingerprint density at radius 1 is 1.17 bits per heavy atom. The highest BCUT2D eigenvalue weighted by Crippen LogP contribution is 2.53. The smallest absolute Gasteiger partial charge is 0.344 e. The van der Waals surface area contributed by atoms with Crippen LogP contribution in [0.2, 0.25) is 10.0 Å². The number of aromatic nitrogens is 2. The monoisotopic (exact) mass is 615 g/mol. The van der Waals surface area contributed by atoms with Crippen LogP contribution in [-0.4, -0.2) is 45.4 Å². The number of halogens is 3. The van der Waals surface area contributed by atoms with Crippen LogP contribution in [0.5, 0.6) is 0 Å². The largest absolute Gasteiger partial charge is 0.478 e. The van der Waals surface area contributed by atoms with E-state index < -0.39 is 23.7 Å². The van der Waals surface area contributed by atoms with Crippen molar-refractivity contribution in [3.05, 3.63) is 62.8 Å². The molecular formula is C29H24Cl2FN3O5S. The predicted octanol–water partition coefficient (Wildman–Crippen LogP) is 7.58. The first-order valence-corrected chi connectivity index (χ1v) is 15.0. The molecule has 2 aromatic carbocycles. The van der Waals surface area contributed by atoms with E-state index in [1.807, 2.05) is 6.92 Å². The van der Waals surface area contributed by atoms with Crippen LogP contribution >= 0.6 is 34.5 Å². The molecule has 0 unspecified atom stereocenters. The highest BCUT2D eigenvalue weighted by molar-refractivity contribution is 7.22. The van der Waals surface area contributed by atoms with Gasteiger partial charge in [0.2, 0.25) is 0 Å². The van der Waals surface area contributed by atoms with Gasteiger partial charge in [-0.1, -0.05) is 45.8 Å². The van der Waals surface area contributed by atoms with Crippen LogP contribution in [0.4, 0.5) is 9.52 Å². The zero-order valence-electron chi connectivity index (χ0n) is 21.8. The van der Waals surface area contributed by atoms with Crippen molar-refractivity contribution in [1.29, 1.82) is 0 Å². The number of hydrogen-bond donors (Lipinski definition) is 1. The number of fused-ring (bicyclic) bond motifs is 3. The zero-order valence-corrected chi connectivity index (χ0v) is 24.2. The third-order valence-corrected chi connectivity index (χ3v) is 9.94. The zero-order chi connectivity index (χ0) is 28.6. The van der Waals surface area contributed by atoms with Crippen molar-refractivity contribution in [2.75, 3.05) is 4.90 Å². The Labute approximate surface area is 248 Å². The van der Waals surface area contributed by atoms with Gasteiger partial charge in [-0.3, -0.25) is 0 Å². The number of carboxylic acid groups (broad SMARTS) is 1. The summed E-state index contributed by atoms with van der Waals surface area (Å²) in [6.45, 7) is 1.87. The number of ether oxygens (including phenoxy) is 1. The van der Waals surface area contributed by atoms with E-state index in [2.05, 4.69) is 10.1 Å². The van der Waals surface area contributed by atoms with Gasteiger partial charge in [0, 0.05) is 30.5 Å². The van der Waals surface area contributed by atoms with E-state index in [9.17, 15) is 14.7 Å². The molecular weight excluding hydrogens is 592 g/mol. The van der Waals surface area contributed by atoms with Crippen LogP contribution in [0.1, 0.15) is 70.6 Å². The van der Waals surface area contributed by atoms with Crippen molar-refractivity contribution >= 4 is 61.8 Å². The normalized spacial score (nSPS) is 22.7. The van der Waals surface area contributed by atoms with Gasteiger partial charge in [-0.15, -0.1) is 0 Å². The Balaban J connectivity index is 1.15. The van der Waals surface area contributed by atoms with Gasteiger partial charge in [0.1, 0.15) is 17.4 Å². The summed E-state index contributed by atoms with van der Waals surface area (Å²) in [5, 5.41) is 14.9. The molecule has 41 heavy (non-hydrogen) atoms. The number of nitrogens with zero attached hydrogens (tertiary/aromatic N) is 3. The minimum atomic E-state index is -1.76. The SMILES string of the molecule is Cc1cc(C(=O)O)cc2sc(N3[C@@H]4CC[C@H]3C[C@H](OC(=O)c3c(-c5c(Cl)cccc5Cl)noc3C3(F)CC3)C4)nc12. The molecule has 1 aliphatic carbocycles. The number of carbonyl (C=O) groups excluding carboxylic acids is 1. The fourth-order valence-corrected chi connectivity index (χ4v) is 7.98. The Hall–Kier alpha value is -3.21. The number of carbonyl (C=O) groups is 2. The number of aryl methyl sites for hydroxylation is 1. The molecule has 1 N–H and O–H groups in total. The second kappa shape index (κ2) is 9.68. The fourth-order valence-electron chi connectivity index (χ4n) is 6.18. The van der Waals surface area contributed by atoms with E-state index in [4.69, 9.17) is 37.4 Å². The predicted molar refractivity (Wildman–Crippen MR) is 153 cm³/mol. The summed E-state index contributed by atoms with van der Waals surface area (Å²) < 4.78 is 27.5. The number of esters is 1. The number of hydrogen-bond acceptors (Lipinski definition) is 8. The van der Waals surface area contributed by atoms with Gasteiger partial charge in [0.25, 0.3) is 0 Å². The van der Waals surface area contributed by atoms with Crippen molar-refractivity contribution < 1.29 is 28.3 Å². The van der Waals surface area contributed by atoms with E-state index in [0.29, 0.717) is 18.4 Å². The number of alkyl halides is 1. The van der Waals surface area contributed by atoms with Gasteiger partial charge in [-0.25, -0.2) is 19.0 Å². The van der Waals surface area contributed by atoms with Crippen molar-refractivity contribution in [1.82, 2.24) is 10.1 Å². The van der Waals surface area contributed by atoms with E-state index in [-0.39, 0.29) is 57.6 Å². The summed E-state index contributed by atoms with van der Waals surface area (Å²) in [6, 6.07) is 8.41. The molecule has 3 fully saturated rings. The molecule has 0 spiro atoms. The molecule has 0 amide bonds. The van der Waals surface area contributed by atoms with Gasteiger partial charge in [-0.05, 0) is 62.4 Å². The van der Waals surface area contributed by atoms with Crippen LogP contribution in [0.3, 0.4) is 0 Å². The molecule has 4 aromatic rings. The second-order valence-corrected chi connectivity index (χ2v) is 12.9. The van der Waals surface area contributed by atoms with Crippen molar-refractivity contribution in [2.45, 2.75) is 69.3 Å². The molecule has 2 aromatic heterocycles. The molecule has 2 saturated heterocycles. The molecule has 0 radical (unpaired) electrons. The lowest BCUT2D eigenvalue weighted by Crippen LogP contribution is -2.46. The Kier molecular flexibility index (Phi) is 6.29. The number of thiazole rings is 1. The quantitative estimate of drug-likeness (QED) is 0.221. The van der Waals surface area contributed by atoms with Crippen molar-refractivity contribution in [3.8, 4) is 11.3 Å². The van der Waals surface area contributed by atoms with Crippen molar-refractivity contribution in [2.24, 2.45) is 0 Å². The number of anilines is 1. The van der Waals surface area contributed by atoms with E-state index in [1.54, 1.807) is 30.3 Å². The van der Waals surface area contributed by atoms with Crippen molar-refractivity contribution in [3.63, 3.8) is 0 Å². The van der Waals surface area contributed by atoms with Gasteiger partial charge in [0.05, 0.1) is 25.8 Å². The third kappa shape index (κ3) is 4.47. The van der Waals surface area contributed by atoms with E-state index >= 15 is 4.39 Å². The Bertz CT molecular complexity index is 1700. The van der Waals surface area contributed by atoms with Crippen LogP contribution in [0.25, 0.3) is 21.5 Å². The van der Waals surface area contributed by atoms with Crippen LogP contribution in [0.15, 0.2) is 34.9 Å². The molecule has 12 heteroatoms. The molecule has 8 nitrogen and oxygen atoms in total. The topological polar surface area (TPSA) is 106 Å². The maximum Gasteiger partial charge on any atom is 0.344 e. The molecule has 2 bridgehead atoms. The lowest BCUT2D eigenvalue weighted by atomic mass is 9.99. The number of piperidine rings is 1. The van der Waals surface area contributed by atoms with Gasteiger partial charge in [0.15, 0.2) is 16.6 Å². The molecule has 4 heterocycles. The van der Waals surface area contributed by atoms with Crippen LogP contribution < -0.4 is 4.90 Å². The van der Waals surface area contributed by atoms with Gasteiger partial charge < -0.3 is 19.3 Å². The average molecular weight is 616 g/mol. The molecule has 3 atom stereocenters. The Morgan fingerprint density at radius 3 is 2.49 bits per heavy atom. The molecule has 7 rings (SSSR count). The first-order valence-electron chi connectivity index (χ1n) is 13.4. The lowest BCUT2D eigenvalue weighted by molar-refractivity contribution is 0.0198. The highest BCUT2D eigenvalue weighted by Gasteiger charge is 2.53. The summed E-state index contributed by atoms with van der Waals surface area (Å²) in [5.41, 5.74) is 0.412. The maximum atomic E-state index is 15.3. The summed E-state index contributed by atoms with van der Waals surface area (Å²) in [4.78, 5) is 32.4. The summed E-state index contributed by atoms with van der Waals surface area (Å²) in [6.07, 6.45) is 3.08. The standard InChI is InChI=1S/C29H24Cl2FN3O5S/c1-13-9-14(26(36)37)10-20-23(13)33-28(41-20)35-15-5-6-16(35)12-17(11-15)39-27(38)22-24(21-18(30)3-2-4-19(21)31)34-40-25(22)29(32)7-8-29/h2-4,9-10,15-17H,5-8,11-12H2,1H3,(H,36,37)/t15-,16+,17-. The first-order chi connectivity index (χ1) is 19.6. The summed E-state index contributed by atoms with van der Waals surface area (Å²) in [5.74, 6) is -1.81. The minimum Gasteiger partial charge on any atom is -0.478 e. The lowest BCUT2D eigenvalue weighted by Gasteiger charge is -2.38. The number of benzene rings is 2. The number of rotatable bonds is 6. The molecule has 212 valence electrons. The van der Waals surface area contributed by atoms with E-state index in [1.165, 1.54) is 11.3 Å². The second-order valence-electron chi connectivity index (χ2n) is 11.0. The first kappa shape index (κ1) is 26.7. The minimum absolute atomic E-state index is 0.0642. The summed E-state index contributed by atoms with van der Waals surface area (Å²) in [7, 11) is 0. The number of carboxylic acids is 1. The fraction of sp³-hybridized carbons (Fsp3) is 0.379. The van der Waals surface area contributed by atoms with E-state index in [0.717, 1.165) is 33.8 Å². The highest BCUT2D eigenvalue weighted by atomic mass is 35.5. The molecule has 2 aliphatic heterocycles. The van der Waals surface area contributed by atoms with Gasteiger partial charge in [-0.2, -0.15) is 0 Å².